The molecule has 0 saturated heterocycles. The average Bonchev–Trinajstić information content (AvgIpc) is 2.31. The number of hydrogen-bond acceptors (Lipinski definition) is 5. The minimum Gasteiger partial charge on any atom is -0.480 e. The second-order valence-corrected chi connectivity index (χ2v) is 6.30. The Labute approximate surface area is 117 Å². The topological polar surface area (TPSA) is 95.8 Å². The average molecular weight is 290 g/mol. The van der Waals surface area contributed by atoms with Crippen molar-refractivity contribution in [2.45, 2.75) is 63.7 Å². The van der Waals surface area contributed by atoms with Crippen LogP contribution in [0.1, 0.15) is 52.9 Å². The zero-order valence-electron chi connectivity index (χ0n) is 11.6. The number of carboxylic acid groups (broad SMARTS) is 1. The van der Waals surface area contributed by atoms with Crippen molar-refractivity contribution in [2.75, 3.05) is 0 Å². The minimum atomic E-state index is -1.16. The highest BCUT2D eigenvalue weighted by Gasteiger charge is 2.38. The quantitative estimate of drug-likeness (QED) is 0.366. The molecular formula is C12H22N2O4S. The number of nitroso groups, excluding NO2 is 1. The van der Waals surface area contributed by atoms with Crippen molar-refractivity contribution in [3.8, 4) is 0 Å². The molecule has 110 valence electrons. The Bertz CT molecular complexity index is 321. The lowest BCUT2D eigenvalue weighted by atomic mass is 10.0. The van der Waals surface area contributed by atoms with Crippen molar-refractivity contribution < 1.29 is 14.7 Å². The maximum Gasteiger partial charge on any atom is 0.327 e. The molecule has 19 heavy (non-hydrogen) atoms. The fourth-order valence-corrected chi connectivity index (χ4v) is 2.08. The zero-order valence-corrected chi connectivity index (χ0v) is 12.5. The molecule has 0 radical (unpaired) electrons. The number of carbonyl (C=O) groups excluding carboxylic acids is 1. The number of carbonyl (C=O) groups is 2. The molecule has 0 aliphatic carbocycles. The van der Waals surface area contributed by atoms with Gasteiger partial charge in [-0.3, -0.25) is 4.79 Å². The molecular weight excluding hydrogens is 268 g/mol. The van der Waals surface area contributed by atoms with Crippen LogP contribution in [-0.4, -0.2) is 27.8 Å². The van der Waals surface area contributed by atoms with Crippen LogP contribution >= 0.6 is 11.9 Å². The van der Waals surface area contributed by atoms with Crippen LogP contribution in [0.25, 0.3) is 0 Å². The number of nitrogens with one attached hydrogen (secondary N) is 1. The number of hydrogen-bond donors (Lipinski definition) is 2. The Morgan fingerprint density at radius 2 is 1.95 bits per heavy atom. The fraction of sp³-hybridized carbons (Fsp3) is 0.833. The van der Waals surface area contributed by atoms with Crippen molar-refractivity contribution in [3.05, 3.63) is 4.91 Å². The van der Waals surface area contributed by atoms with Gasteiger partial charge in [0.25, 0.3) is 0 Å². The third-order valence-electron chi connectivity index (χ3n) is 2.78. The van der Waals surface area contributed by atoms with Gasteiger partial charge in [0.05, 0.1) is 4.75 Å². The van der Waals surface area contributed by atoms with Crippen LogP contribution in [0.3, 0.4) is 0 Å². The number of amides is 1. The van der Waals surface area contributed by atoms with Gasteiger partial charge < -0.3 is 10.4 Å². The summed E-state index contributed by atoms with van der Waals surface area (Å²) in [5.41, 5.74) is 0. The van der Waals surface area contributed by atoms with Crippen molar-refractivity contribution in [1.29, 1.82) is 0 Å². The monoisotopic (exact) mass is 290 g/mol. The van der Waals surface area contributed by atoms with E-state index >= 15 is 0 Å². The van der Waals surface area contributed by atoms with Crippen molar-refractivity contribution in [1.82, 2.24) is 5.32 Å². The van der Waals surface area contributed by atoms with E-state index < -0.39 is 16.8 Å². The van der Waals surface area contributed by atoms with Crippen LogP contribution in [0.4, 0.5) is 0 Å². The van der Waals surface area contributed by atoms with Gasteiger partial charge in [0.2, 0.25) is 5.91 Å². The van der Waals surface area contributed by atoms with Crippen LogP contribution in [0.2, 0.25) is 0 Å². The van der Waals surface area contributed by atoms with Gasteiger partial charge in [-0.2, -0.15) is 0 Å². The third-order valence-corrected chi connectivity index (χ3v) is 3.56. The Kier molecular flexibility index (Phi) is 8.38. The van der Waals surface area contributed by atoms with Gasteiger partial charge in [0, 0.05) is 23.0 Å². The van der Waals surface area contributed by atoms with Gasteiger partial charge in [-0.25, -0.2) is 4.79 Å². The summed E-state index contributed by atoms with van der Waals surface area (Å²) in [6, 6.07) is -1.13. The molecule has 0 aromatic heterocycles. The summed E-state index contributed by atoms with van der Waals surface area (Å²) >= 11 is 0.618. The zero-order chi connectivity index (χ0) is 14.9. The van der Waals surface area contributed by atoms with Gasteiger partial charge in [0.15, 0.2) is 0 Å². The highest BCUT2D eigenvalue weighted by atomic mass is 32.2. The van der Waals surface area contributed by atoms with Crippen molar-refractivity contribution in [3.63, 3.8) is 0 Å². The maximum absolute atomic E-state index is 11.7. The van der Waals surface area contributed by atoms with E-state index in [2.05, 4.69) is 16.8 Å². The first-order valence-electron chi connectivity index (χ1n) is 6.38. The first kappa shape index (κ1) is 17.9. The molecule has 1 amide bonds. The van der Waals surface area contributed by atoms with E-state index in [1.807, 2.05) is 0 Å². The first-order chi connectivity index (χ1) is 8.85. The van der Waals surface area contributed by atoms with E-state index in [1.165, 1.54) is 0 Å². The molecule has 0 bridgehead atoms. The lowest BCUT2D eigenvalue weighted by Gasteiger charge is -2.28. The Morgan fingerprint density at radius 1 is 1.32 bits per heavy atom. The molecule has 2 N–H and O–H groups in total. The smallest absolute Gasteiger partial charge is 0.327 e. The SMILES string of the molecule is CCCCCCC(=O)NC(C(=O)O)C(C)(C)SN=O. The molecule has 0 spiro atoms. The van der Waals surface area contributed by atoms with Gasteiger partial charge in [-0.1, -0.05) is 26.2 Å². The lowest BCUT2D eigenvalue weighted by Crippen LogP contribution is -2.52. The van der Waals surface area contributed by atoms with Crippen LogP contribution < -0.4 is 5.32 Å². The van der Waals surface area contributed by atoms with E-state index in [0.29, 0.717) is 18.4 Å². The molecule has 0 heterocycles. The van der Waals surface area contributed by atoms with E-state index in [1.54, 1.807) is 13.8 Å². The number of carboxylic acids is 1. The van der Waals surface area contributed by atoms with Crippen LogP contribution in [0.15, 0.2) is 4.58 Å². The molecule has 0 saturated carbocycles. The highest BCUT2D eigenvalue weighted by Crippen LogP contribution is 2.29. The number of aliphatic carboxylic acids is 1. The second-order valence-electron chi connectivity index (χ2n) is 4.92. The predicted octanol–water partition coefficient (Wildman–Crippen LogP) is 2.72. The normalized spacial score (nSPS) is 12.8. The number of unbranched alkanes of at least 4 members (excludes halogenated alkanes) is 3. The molecule has 0 fully saturated rings. The Balaban J connectivity index is 4.39. The van der Waals surface area contributed by atoms with Crippen molar-refractivity contribution >= 4 is 23.8 Å². The Hall–Kier alpha value is -1.11. The molecule has 0 aliphatic rings. The molecule has 6 nitrogen and oxygen atoms in total. The Morgan fingerprint density at radius 3 is 2.42 bits per heavy atom. The predicted molar refractivity (Wildman–Crippen MR) is 75.8 cm³/mol. The molecule has 1 atom stereocenters. The van der Waals surface area contributed by atoms with E-state index in [-0.39, 0.29) is 5.91 Å². The number of nitrogens with zero attached hydrogens (tertiary/aromatic N) is 1. The third kappa shape index (κ3) is 7.15. The van der Waals surface area contributed by atoms with E-state index in [4.69, 9.17) is 5.11 Å². The summed E-state index contributed by atoms with van der Waals surface area (Å²) < 4.78 is 1.68. The maximum atomic E-state index is 11.7. The summed E-state index contributed by atoms with van der Waals surface area (Å²) in [5, 5.41) is 11.6. The van der Waals surface area contributed by atoms with Gasteiger partial charge in [-0.05, 0) is 20.3 Å². The van der Waals surface area contributed by atoms with Gasteiger partial charge in [0.1, 0.15) is 6.04 Å². The summed E-state index contributed by atoms with van der Waals surface area (Å²) in [6.07, 6.45) is 4.14. The highest BCUT2D eigenvalue weighted by molar-refractivity contribution is 7.99. The molecule has 0 aliphatic heterocycles. The largest absolute Gasteiger partial charge is 0.480 e. The summed E-state index contributed by atoms with van der Waals surface area (Å²) in [4.78, 5) is 33.1. The van der Waals surface area contributed by atoms with Crippen molar-refractivity contribution in [2.24, 2.45) is 4.58 Å². The molecule has 7 heteroatoms. The first-order valence-corrected chi connectivity index (χ1v) is 7.15. The summed E-state index contributed by atoms with van der Waals surface area (Å²) in [7, 11) is 0. The molecule has 1 unspecified atom stereocenters. The van der Waals surface area contributed by atoms with Crippen LogP contribution in [0.5, 0.6) is 0 Å². The summed E-state index contributed by atoms with van der Waals surface area (Å²) in [5.74, 6) is -1.47. The molecule has 0 aromatic rings. The van der Waals surface area contributed by atoms with Gasteiger partial charge >= 0.3 is 5.97 Å². The lowest BCUT2D eigenvalue weighted by molar-refractivity contribution is -0.142. The van der Waals surface area contributed by atoms with Crippen LogP contribution in [-0.2, 0) is 9.59 Å². The van der Waals surface area contributed by atoms with E-state index in [9.17, 15) is 14.5 Å². The van der Waals surface area contributed by atoms with Gasteiger partial charge in [-0.15, -0.1) is 4.91 Å². The number of rotatable bonds is 10. The standard InChI is InChI=1S/C12H22N2O4S/c1-4-5-6-7-8-9(15)13-10(11(16)17)12(2,3)19-14-18/h10H,4-8H2,1-3H3,(H,13,15)(H,16,17). The molecule has 0 rings (SSSR count). The fourth-order valence-electron chi connectivity index (χ4n) is 1.63. The van der Waals surface area contributed by atoms with Crippen LogP contribution in [0, 0.1) is 4.91 Å². The summed E-state index contributed by atoms with van der Waals surface area (Å²) in [6.45, 7) is 5.21. The second kappa shape index (κ2) is 8.90. The molecule has 0 aromatic carbocycles. The minimum absolute atomic E-state index is 0.303. The van der Waals surface area contributed by atoms with E-state index in [0.717, 1.165) is 25.7 Å².